The molecular formula is C14H15F2N3. The minimum atomic E-state index is -0.622. The summed E-state index contributed by atoms with van der Waals surface area (Å²) < 4.78 is 26.6. The van der Waals surface area contributed by atoms with E-state index in [4.69, 9.17) is 5.73 Å². The van der Waals surface area contributed by atoms with Gasteiger partial charge in [-0.2, -0.15) is 0 Å². The van der Waals surface area contributed by atoms with Gasteiger partial charge in [-0.15, -0.1) is 0 Å². The molecule has 0 bridgehead atoms. The van der Waals surface area contributed by atoms with E-state index >= 15 is 0 Å². The molecule has 0 aliphatic carbocycles. The van der Waals surface area contributed by atoms with Crippen LogP contribution in [0.1, 0.15) is 17.9 Å². The molecule has 2 N–H and O–H groups in total. The van der Waals surface area contributed by atoms with Crippen LogP contribution in [0.25, 0.3) is 11.3 Å². The molecule has 0 atom stereocenters. The van der Waals surface area contributed by atoms with Crippen molar-refractivity contribution in [2.24, 2.45) is 5.73 Å². The zero-order chi connectivity index (χ0) is 13.8. The first kappa shape index (κ1) is 13.5. The Morgan fingerprint density at radius 3 is 2.63 bits per heavy atom. The van der Waals surface area contributed by atoms with Crippen molar-refractivity contribution in [3.05, 3.63) is 47.4 Å². The van der Waals surface area contributed by atoms with Gasteiger partial charge < -0.3 is 5.73 Å². The molecule has 5 heteroatoms. The first-order valence-electron chi connectivity index (χ1n) is 6.10. The summed E-state index contributed by atoms with van der Waals surface area (Å²) >= 11 is 0. The Labute approximate surface area is 110 Å². The van der Waals surface area contributed by atoms with E-state index in [9.17, 15) is 8.78 Å². The molecular weight excluding hydrogens is 248 g/mol. The van der Waals surface area contributed by atoms with Crippen LogP contribution >= 0.6 is 0 Å². The van der Waals surface area contributed by atoms with E-state index in [1.165, 1.54) is 12.1 Å². The van der Waals surface area contributed by atoms with Crippen molar-refractivity contribution >= 4 is 0 Å². The van der Waals surface area contributed by atoms with Gasteiger partial charge in [-0.1, -0.05) is 0 Å². The van der Waals surface area contributed by atoms with Gasteiger partial charge in [0.15, 0.2) is 0 Å². The molecule has 2 rings (SSSR count). The Bertz CT molecular complexity index is 585. The van der Waals surface area contributed by atoms with Crippen LogP contribution in [0.4, 0.5) is 8.78 Å². The fraction of sp³-hybridized carbons (Fsp3) is 0.286. The highest BCUT2D eigenvalue weighted by atomic mass is 19.1. The maximum atomic E-state index is 13.7. The van der Waals surface area contributed by atoms with Crippen LogP contribution in [-0.2, 0) is 6.42 Å². The van der Waals surface area contributed by atoms with Crippen LogP contribution < -0.4 is 5.73 Å². The second-order valence-electron chi connectivity index (χ2n) is 4.33. The number of aryl methyl sites for hydroxylation is 2. The van der Waals surface area contributed by atoms with E-state index in [0.29, 0.717) is 24.5 Å². The fourth-order valence-electron chi connectivity index (χ4n) is 1.84. The molecule has 100 valence electrons. The molecule has 2 aromatic rings. The lowest BCUT2D eigenvalue weighted by molar-refractivity contribution is 0.585. The summed E-state index contributed by atoms with van der Waals surface area (Å²) in [5.74, 6) is -0.595. The monoisotopic (exact) mass is 263 g/mol. The van der Waals surface area contributed by atoms with Gasteiger partial charge in [-0.25, -0.2) is 18.7 Å². The number of rotatable bonds is 4. The topological polar surface area (TPSA) is 51.8 Å². The average molecular weight is 263 g/mol. The van der Waals surface area contributed by atoms with Gasteiger partial charge in [0.25, 0.3) is 0 Å². The summed E-state index contributed by atoms with van der Waals surface area (Å²) in [6.45, 7) is 2.37. The van der Waals surface area contributed by atoms with Gasteiger partial charge in [-0.3, -0.25) is 0 Å². The van der Waals surface area contributed by atoms with Crippen molar-refractivity contribution in [3.63, 3.8) is 0 Å². The first-order valence-corrected chi connectivity index (χ1v) is 6.10. The largest absolute Gasteiger partial charge is 0.330 e. The molecule has 0 fully saturated rings. The molecule has 0 amide bonds. The van der Waals surface area contributed by atoms with Gasteiger partial charge in [0, 0.05) is 23.7 Å². The Kier molecular flexibility index (Phi) is 4.16. The second kappa shape index (κ2) is 5.84. The van der Waals surface area contributed by atoms with Gasteiger partial charge >= 0.3 is 0 Å². The predicted molar refractivity (Wildman–Crippen MR) is 69.5 cm³/mol. The van der Waals surface area contributed by atoms with Crippen LogP contribution in [0, 0.1) is 18.6 Å². The van der Waals surface area contributed by atoms with Crippen molar-refractivity contribution in [1.82, 2.24) is 9.97 Å². The predicted octanol–water partition coefficient (Wildman–Crippen LogP) is 2.62. The summed E-state index contributed by atoms with van der Waals surface area (Å²) in [6.07, 6.45) is 1.42. The molecule has 0 saturated carbocycles. The highest BCUT2D eigenvalue weighted by Gasteiger charge is 2.10. The van der Waals surface area contributed by atoms with Crippen molar-refractivity contribution in [2.45, 2.75) is 19.8 Å². The van der Waals surface area contributed by atoms with Gasteiger partial charge in [-0.05, 0) is 38.1 Å². The Hall–Kier alpha value is -1.88. The average Bonchev–Trinajstić information content (AvgIpc) is 2.35. The van der Waals surface area contributed by atoms with Crippen LogP contribution in [0.5, 0.6) is 0 Å². The summed E-state index contributed by atoms with van der Waals surface area (Å²) in [6, 6.07) is 5.14. The van der Waals surface area contributed by atoms with Crippen LogP contribution in [0.15, 0.2) is 24.3 Å². The van der Waals surface area contributed by atoms with Crippen molar-refractivity contribution in [3.8, 4) is 11.3 Å². The standard InChI is InChI=1S/C14H15F2N3/c1-9-7-13(19-14(18-9)3-2-6-17)11-5-4-10(15)8-12(11)16/h4-5,7-8H,2-3,6,17H2,1H3. The normalized spacial score (nSPS) is 10.7. The van der Waals surface area contributed by atoms with E-state index in [0.717, 1.165) is 18.2 Å². The van der Waals surface area contributed by atoms with Gasteiger partial charge in [0.2, 0.25) is 0 Å². The van der Waals surface area contributed by atoms with E-state index in [1.54, 1.807) is 6.07 Å². The SMILES string of the molecule is Cc1cc(-c2ccc(F)cc2F)nc(CCCN)n1. The zero-order valence-corrected chi connectivity index (χ0v) is 10.7. The summed E-state index contributed by atoms with van der Waals surface area (Å²) in [7, 11) is 0. The molecule has 0 aliphatic heterocycles. The molecule has 1 aromatic heterocycles. The number of hydrogen-bond donors (Lipinski definition) is 1. The van der Waals surface area contributed by atoms with Crippen molar-refractivity contribution in [1.29, 1.82) is 0 Å². The summed E-state index contributed by atoms with van der Waals surface area (Å²) in [5.41, 5.74) is 6.95. The Morgan fingerprint density at radius 1 is 1.16 bits per heavy atom. The third-order valence-electron chi connectivity index (χ3n) is 2.71. The highest BCUT2D eigenvalue weighted by Crippen LogP contribution is 2.22. The van der Waals surface area contributed by atoms with Crippen molar-refractivity contribution in [2.75, 3.05) is 6.54 Å². The smallest absolute Gasteiger partial charge is 0.135 e. The number of halogens is 2. The third kappa shape index (κ3) is 3.32. The van der Waals surface area contributed by atoms with Gasteiger partial charge in [0.1, 0.15) is 17.5 Å². The maximum Gasteiger partial charge on any atom is 0.135 e. The fourth-order valence-corrected chi connectivity index (χ4v) is 1.84. The molecule has 19 heavy (non-hydrogen) atoms. The maximum absolute atomic E-state index is 13.7. The third-order valence-corrected chi connectivity index (χ3v) is 2.71. The molecule has 3 nitrogen and oxygen atoms in total. The summed E-state index contributed by atoms with van der Waals surface area (Å²) in [4.78, 5) is 8.58. The van der Waals surface area contributed by atoms with E-state index < -0.39 is 11.6 Å². The minimum Gasteiger partial charge on any atom is -0.330 e. The quantitative estimate of drug-likeness (QED) is 0.922. The summed E-state index contributed by atoms with van der Waals surface area (Å²) in [5, 5.41) is 0. The molecule has 1 heterocycles. The van der Waals surface area contributed by atoms with Gasteiger partial charge in [0.05, 0.1) is 5.69 Å². The Balaban J connectivity index is 2.41. The van der Waals surface area contributed by atoms with E-state index in [1.807, 2.05) is 6.92 Å². The number of benzene rings is 1. The molecule has 0 saturated heterocycles. The van der Waals surface area contributed by atoms with E-state index in [2.05, 4.69) is 9.97 Å². The number of aromatic nitrogens is 2. The lowest BCUT2D eigenvalue weighted by atomic mass is 10.1. The van der Waals surface area contributed by atoms with Crippen LogP contribution in [-0.4, -0.2) is 16.5 Å². The molecule has 0 aliphatic rings. The molecule has 0 radical (unpaired) electrons. The lowest BCUT2D eigenvalue weighted by Crippen LogP contribution is -2.05. The minimum absolute atomic E-state index is 0.279. The molecule has 0 spiro atoms. The number of hydrogen-bond acceptors (Lipinski definition) is 3. The molecule has 1 aromatic carbocycles. The highest BCUT2D eigenvalue weighted by molar-refractivity contribution is 5.60. The van der Waals surface area contributed by atoms with Crippen molar-refractivity contribution < 1.29 is 8.78 Å². The number of nitrogens with two attached hydrogens (primary N) is 1. The van der Waals surface area contributed by atoms with E-state index in [-0.39, 0.29) is 5.56 Å². The first-order chi connectivity index (χ1) is 9.10. The van der Waals surface area contributed by atoms with Crippen LogP contribution in [0.2, 0.25) is 0 Å². The Morgan fingerprint density at radius 2 is 1.95 bits per heavy atom. The zero-order valence-electron chi connectivity index (χ0n) is 10.7. The number of nitrogens with zero attached hydrogens (tertiary/aromatic N) is 2. The van der Waals surface area contributed by atoms with Crippen LogP contribution in [0.3, 0.4) is 0 Å². The lowest BCUT2D eigenvalue weighted by Gasteiger charge is -2.07. The molecule has 0 unspecified atom stereocenters. The second-order valence-corrected chi connectivity index (χ2v) is 4.33.